The predicted molar refractivity (Wildman–Crippen MR) is 140 cm³/mol. The van der Waals surface area contributed by atoms with E-state index in [4.69, 9.17) is 19.9 Å². The van der Waals surface area contributed by atoms with Crippen molar-refractivity contribution in [1.29, 1.82) is 0 Å². The molecule has 4 nitrogen and oxygen atoms in total. The lowest BCUT2D eigenvalue weighted by Crippen LogP contribution is -1.93. The zero-order valence-electron chi connectivity index (χ0n) is 18.0. The van der Waals surface area contributed by atoms with E-state index in [1.165, 1.54) is 10.8 Å². The molecular formula is C30H16N4. The number of fused-ring (bicyclic) bond motifs is 12. The molecule has 0 unspecified atom stereocenters. The van der Waals surface area contributed by atoms with Crippen LogP contribution >= 0.6 is 0 Å². The first-order valence-corrected chi connectivity index (χ1v) is 11.3. The molecule has 0 spiro atoms. The van der Waals surface area contributed by atoms with Crippen molar-refractivity contribution < 1.29 is 0 Å². The molecule has 4 heteroatoms. The van der Waals surface area contributed by atoms with Gasteiger partial charge in [-0.15, -0.1) is 0 Å². The van der Waals surface area contributed by atoms with Gasteiger partial charge in [0.15, 0.2) is 0 Å². The maximum atomic E-state index is 5.14. The second kappa shape index (κ2) is 6.42. The van der Waals surface area contributed by atoms with Crippen molar-refractivity contribution in [3.63, 3.8) is 0 Å². The van der Waals surface area contributed by atoms with Crippen molar-refractivity contribution >= 4 is 76.5 Å². The van der Waals surface area contributed by atoms with Crippen LogP contribution in [0, 0.1) is 0 Å². The Hall–Kier alpha value is -4.70. The zero-order chi connectivity index (χ0) is 22.2. The highest BCUT2D eigenvalue weighted by atomic mass is 14.8. The van der Waals surface area contributed by atoms with Crippen molar-refractivity contribution in [3.05, 3.63) is 97.1 Å². The smallest absolute Gasteiger partial charge is 0.0985 e. The van der Waals surface area contributed by atoms with Crippen LogP contribution in [0.25, 0.3) is 76.5 Å². The van der Waals surface area contributed by atoms with Crippen LogP contribution in [0.2, 0.25) is 0 Å². The van der Waals surface area contributed by atoms with Gasteiger partial charge in [0.1, 0.15) is 0 Å². The van der Waals surface area contributed by atoms with Crippen LogP contribution in [0.1, 0.15) is 0 Å². The third-order valence-electron chi connectivity index (χ3n) is 6.79. The van der Waals surface area contributed by atoms with E-state index >= 15 is 0 Å². The summed E-state index contributed by atoms with van der Waals surface area (Å²) < 4.78 is 0. The lowest BCUT2D eigenvalue weighted by atomic mass is 9.94. The Balaban J connectivity index is 1.65. The van der Waals surface area contributed by atoms with E-state index < -0.39 is 0 Å². The van der Waals surface area contributed by atoms with E-state index in [0.717, 1.165) is 65.7 Å². The van der Waals surface area contributed by atoms with Gasteiger partial charge in [-0.1, -0.05) is 66.7 Å². The highest BCUT2D eigenvalue weighted by Crippen LogP contribution is 2.39. The minimum Gasteiger partial charge on any atom is -0.244 e. The summed E-state index contributed by atoms with van der Waals surface area (Å²) in [5, 5.41) is 6.79. The summed E-state index contributed by atoms with van der Waals surface area (Å²) in [6.45, 7) is 0. The largest absolute Gasteiger partial charge is 0.244 e. The maximum Gasteiger partial charge on any atom is 0.0985 e. The number of aromatic nitrogens is 4. The Morgan fingerprint density at radius 1 is 0.294 bits per heavy atom. The van der Waals surface area contributed by atoms with Gasteiger partial charge in [0.05, 0.1) is 44.1 Å². The molecule has 0 fully saturated rings. The van der Waals surface area contributed by atoms with Gasteiger partial charge in [0.25, 0.3) is 0 Å². The highest BCUT2D eigenvalue weighted by Gasteiger charge is 2.16. The number of rotatable bonds is 0. The van der Waals surface area contributed by atoms with E-state index in [0.29, 0.717) is 0 Å². The third-order valence-corrected chi connectivity index (χ3v) is 6.79. The fourth-order valence-electron chi connectivity index (χ4n) is 5.26. The molecule has 0 bridgehead atoms. The first-order chi connectivity index (χ1) is 16.8. The summed E-state index contributed by atoms with van der Waals surface area (Å²) in [5.74, 6) is 0. The van der Waals surface area contributed by atoms with Crippen LogP contribution in [-0.4, -0.2) is 19.9 Å². The summed E-state index contributed by atoms with van der Waals surface area (Å²) in [6, 6.07) is 33.2. The van der Waals surface area contributed by atoms with Gasteiger partial charge in [-0.3, -0.25) is 0 Å². The molecule has 0 saturated heterocycles. The molecule has 2 heterocycles. The second-order valence-corrected chi connectivity index (χ2v) is 8.68. The van der Waals surface area contributed by atoms with Crippen LogP contribution in [0.15, 0.2) is 97.1 Å². The Morgan fingerprint density at radius 2 is 0.765 bits per heavy atom. The van der Waals surface area contributed by atoms with Gasteiger partial charge in [0, 0.05) is 16.2 Å². The maximum absolute atomic E-state index is 5.14. The van der Waals surface area contributed by atoms with Crippen LogP contribution in [0.5, 0.6) is 0 Å². The number of benzene rings is 6. The summed E-state index contributed by atoms with van der Waals surface area (Å²) in [4.78, 5) is 20.1. The molecule has 0 aliphatic carbocycles. The Kier molecular flexibility index (Phi) is 3.36. The van der Waals surface area contributed by atoms with Gasteiger partial charge in [0.2, 0.25) is 0 Å². The fourth-order valence-corrected chi connectivity index (χ4v) is 5.26. The standard InChI is InChI=1S/C30H16N4/c1-2-8-20-17(7-1)18-13-14-21-19(15-16-26-28(21)32-23-10-4-3-9-22(23)31-26)27(18)30-29(20)33-24-11-5-6-12-25(24)34-30/h1-16H. The molecule has 0 amide bonds. The number of nitrogens with zero attached hydrogens (tertiary/aromatic N) is 4. The summed E-state index contributed by atoms with van der Waals surface area (Å²) >= 11 is 0. The molecule has 0 aliphatic rings. The van der Waals surface area contributed by atoms with Gasteiger partial charge in [-0.2, -0.15) is 0 Å². The number of hydrogen-bond acceptors (Lipinski definition) is 4. The molecule has 0 aliphatic heterocycles. The third kappa shape index (κ3) is 2.32. The zero-order valence-corrected chi connectivity index (χ0v) is 18.0. The average Bonchev–Trinajstić information content (AvgIpc) is 2.90. The molecule has 8 aromatic rings. The summed E-state index contributed by atoms with van der Waals surface area (Å²) in [6.07, 6.45) is 0. The molecule has 156 valence electrons. The van der Waals surface area contributed by atoms with Crippen LogP contribution in [0.3, 0.4) is 0 Å². The van der Waals surface area contributed by atoms with Crippen LogP contribution in [-0.2, 0) is 0 Å². The van der Waals surface area contributed by atoms with E-state index in [2.05, 4.69) is 48.5 Å². The lowest BCUT2D eigenvalue weighted by Gasteiger charge is -2.13. The van der Waals surface area contributed by atoms with Crippen molar-refractivity contribution in [1.82, 2.24) is 19.9 Å². The highest BCUT2D eigenvalue weighted by molar-refractivity contribution is 6.31. The van der Waals surface area contributed by atoms with Crippen LogP contribution < -0.4 is 0 Å². The Labute approximate surface area is 193 Å². The molecule has 8 rings (SSSR count). The van der Waals surface area contributed by atoms with E-state index in [1.54, 1.807) is 0 Å². The van der Waals surface area contributed by atoms with E-state index in [1.807, 2.05) is 48.5 Å². The van der Waals surface area contributed by atoms with Gasteiger partial charge >= 0.3 is 0 Å². The van der Waals surface area contributed by atoms with E-state index in [-0.39, 0.29) is 0 Å². The lowest BCUT2D eigenvalue weighted by molar-refractivity contribution is 1.41. The minimum atomic E-state index is 0.896. The quantitative estimate of drug-likeness (QED) is 0.186. The van der Waals surface area contributed by atoms with Gasteiger partial charge < -0.3 is 0 Å². The number of hydrogen-bond donors (Lipinski definition) is 0. The van der Waals surface area contributed by atoms with Crippen molar-refractivity contribution in [3.8, 4) is 0 Å². The van der Waals surface area contributed by atoms with Gasteiger partial charge in [-0.05, 0) is 46.5 Å². The molecule has 34 heavy (non-hydrogen) atoms. The molecule has 2 aromatic heterocycles. The predicted octanol–water partition coefficient (Wildman–Crippen LogP) is 7.34. The normalized spacial score (nSPS) is 12.1. The molecule has 0 saturated carbocycles. The molecule has 6 aromatic carbocycles. The second-order valence-electron chi connectivity index (χ2n) is 8.68. The molecular weight excluding hydrogens is 416 g/mol. The molecule has 0 radical (unpaired) electrons. The molecule has 0 N–H and O–H groups in total. The Bertz CT molecular complexity index is 2130. The number of para-hydroxylation sites is 4. The Morgan fingerprint density at radius 3 is 1.50 bits per heavy atom. The minimum absolute atomic E-state index is 0.896. The molecule has 0 atom stereocenters. The first-order valence-electron chi connectivity index (χ1n) is 11.3. The fraction of sp³-hybridized carbons (Fsp3) is 0. The SMILES string of the molecule is c1ccc2nc3c(ccc4c3ccc3c5ccccc5c5nc6ccccc6nc5c34)nc2c1. The summed E-state index contributed by atoms with van der Waals surface area (Å²) in [7, 11) is 0. The van der Waals surface area contributed by atoms with Crippen molar-refractivity contribution in [2.45, 2.75) is 0 Å². The summed E-state index contributed by atoms with van der Waals surface area (Å²) in [5.41, 5.74) is 7.27. The average molecular weight is 432 g/mol. The van der Waals surface area contributed by atoms with Crippen molar-refractivity contribution in [2.75, 3.05) is 0 Å². The first kappa shape index (κ1) is 17.8. The topological polar surface area (TPSA) is 51.6 Å². The van der Waals surface area contributed by atoms with Crippen LogP contribution in [0.4, 0.5) is 0 Å². The van der Waals surface area contributed by atoms with Gasteiger partial charge in [-0.25, -0.2) is 19.9 Å². The monoisotopic (exact) mass is 432 g/mol. The van der Waals surface area contributed by atoms with E-state index in [9.17, 15) is 0 Å². The van der Waals surface area contributed by atoms with Crippen molar-refractivity contribution in [2.24, 2.45) is 0 Å².